The summed E-state index contributed by atoms with van der Waals surface area (Å²) < 4.78 is 1.01. The van der Waals surface area contributed by atoms with Gasteiger partial charge in [-0.3, -0.25) is 4.98 Å². The number of hydrogen-bond acceptors (Lipinski definition) is 4. The fraction of sp³-hybridized carbons (Fsp3) is 0. The van der Waals surface area contributed by atoms with Crippen LogP contribution in [-0.2, 0) is 0 Å². The standard InChI is InChI=1S/C16H11BrN4/c17-13-2-1-3-14(8-13)20-21-15-4-5-16-12(7-15)6-11(9-18)10-19-16/h1-8,10,20-21H. The van der Waals surface area contributed by atoms with Gasteiger partial charge in [-0.1, -0.05) is 22.0 Å². The van der Waals surface area contributed by atoms with Crippen LogP contribution in [0.1, 0.15) is 5.56 Å². The second-order valence-electron chi connectivity index (χ2n) is 4.50. The van der Waals surface area contributed by atoms with E-state index in [1.807, 2.05) is 48.5 Å². The Balaban J connectivity index is 1.82. The average Bonchev–Trinajstić information content (AvgIpc) is 2.52. The zero-order valence-corrected chi connectivity index (χ0v) is 12.6. The summed E-state index contributed by atoms with van der Waals surface area (Å²) in [4.78, 5) is 4.25. The van der Waals surface area contributed by atoms with Gasteiger partial charge in [0.1, 0.15) is 6.07 Å². The first kappa shape index (κ1) is 13.4. The first-order chi connectivity index (χ1) is 10.2. The lowest BCUT2D eigenvalue weighted by Crippen LogP contribution is -2.08. The van der Waals surface area contributed by atoms with Crippen LogP contribution in [0.15, 0.2) is 59.2 Å². The number of benzene rings is 2. The molecular weight excluding hydrogens is 328 g/mol. The SMILES string of the molecule is N#Cc1cnc2ccc(NNc3cccc(Br)c3)cc2c1. The lowest BCUT2D eigenvalue weighted by atomic mass is 10.1. The lowest BCUT2D eigenvalue weighted by molar-refractivity contribution is 1.36. The molecule has 1 heterocycles. The largest absolute Gasteiger partial charge is 0.301 e. The van der Waals surface area contributed by atoms with Gasteiger partial charge in [-0.2, -0.15) is 5.26 Å². The summed E-state index contributed by atoms with van der Waals surface area (Å²) in [6, 6.07) is 17.6. The van der Waals surface area contributed by atoms with Crippen LogP contribution >= 0.6 is 15.9 Å². The molecular formula is C16H11BrN4. The number of pyridine rings is 1. The lowest BCUT2D eigenvalue weighted by Gasteiger charge is -2.10. The number of aromatic nitrogens is 1. The molecule has 0 amide bonds. The van der Waals surface area contributed by atoms with Gasteiger partial charge in [0, 0.05) is 16.1 Å². The Morgan fingerprint density at radius 3 is 2.57 bits per heavy atom. The van der Waals surface area contributed by atoms with E-state index < -0.39 is 0 Å². The molecule has 21 heavy (non-hydrogen) atoms. The average molecular weight is 339 g/mol. The van der Waals surface area contributed by atoms with Crippen LogP contribution in [0, 0.1) is 11.3 Å². The Hall–Kier alpha value is -2.58. The molecule has 0 aliphatic carbocycles. The topological polar surface area (TPSA) is 60.7 Å². The molecule has 0 aliphatic heterocycles. The number of anilines is 2. The van der Waals surface area contributed by atoms with Gasteiger partial charge in [-0.15, -0.1) is 0 Å². The van der Waals surface area contributed by atoms with E-state index in [0.29, 0.717) is 5.56 Å². The van der Waals surface area contributed by atoms with Crippen molar-refractivity contribution in [3.05, 3.63) is 64.8 Å². The highest BCUT2D eigenvalue weighted by Crippen LogP contribution is 2.20. The summed E-state index contributed by atoms with van der Waals surface area (Å²) in [5, 5.41) is 9.85. The Bertz CT molecular complexity index is 839. The van der Waals surface area contributed by atoms with Crippen molar-refractivity contribution in [2.45, 2.75) is 0 Å². The smallest absolute Gasteiger partial charge is 0.101 e. The van der Waals surface area contributed by atoms with Gasteiger partial charge in [0.05, 0.1) is 22.5 Å². The van der Waals surface area contributed by atoms with Crippen molar-refractivity contribution in [3.63, 3.8) is 0 Å². The van der Waals surface area contributed by atoms with Crippen molar-refractivity contribution in [1.29, 1.82) is 5.26 Å². The number of fused-ring (bicyclic) bond motifs is 1. The molecule has 0 saturated carbocycles. The number of hydrogen-bond donors (Lipinski definition) is 2. The fourth-order valence-corrected chi connectivity index (χ4v) is 2.38. The molecule has 2 aromatic carbocycles. The van der Waals surface area contributed by atoms with E-state index in [9.17, 15) is 0 Å². The highest BCUT2D eigenvalue weighted by Gasteiger charge is 2.00. The van der Waals surface area contributed by atoms with Gasteiger partial charge >= 0.3 is 0 Å². The maximum absolute atomic E-state index is 8.92. The first-order valence-corrected chi connectivity index (χ1v) is 7.11. The van der Waals surface area contributed by atoms with Crippen LogP contribution in [0.5, 0.6) is 0 Å². The number of halogens is 1. The minimum absolute atomic E-state index is 0.555. The molecule has 0 radical (unpaired) electrons. The molecule has 0 fully saturated rings. The van der Waals surface area contributed by atoms with Crippen LogP contribution < -0.4 is 10.9 Å². The van der Waals surface area contributed by atoms with Crippen LogP contribution in [0.3, 0.4) is 0 Å². The monoisotopic (exact) mass is 338 g/mol. The third-order valence-corrected chi connectivity index (χ3v) is 3.48. The molecule has 2 N–H and O–H groups in total. The van der Waals surface area contributed by atoms with E-state index in [1.165, 1.54) is 0 Å². The normalized spacial score (nSPS) is 10.1. The number of nitrogens with zero attached hydrogens (tertiary/aromatic N) is 2. The number of rotatable bonds is 3. The van der Waals surface area contributed by atoms with Crippen LogP contribution in [0.4, 0.5) is 11.4 Å². The number of nitriles is 1. The maximum Gasteiger partial charge on any atom is 0.101 e. The summed E-state index contributed by atoms with van der Waals surface area (Å²) >= 11 is 3.43. The predicted molar refractivity (Wildman–Crippen MR) is 87.8 cm³/mol. The minimum atomic E-state index is 0.555. The summed E-state index contributed by atoms with van der Waals surface area (Å²) in [5.41, 5.74) is 9.54. The summed E-state index contributed by atoms with van der Waals surface area (Å²) in [7, 11) is 0. The van der Waals surface area contributed by atoms with Crippen molar-refractivity contribution < 1.29 is 0 Å². The van der Waals surface area contributed by atoms with Crippen LogP contribution in [0.2, 0.25) is 0 Å². The molecule has 0 saturated heterocycles. The third kappa shape index (κ3) is 3.12. The van der Waals surface area contributed by atoms with Gasteiger partial charge in [0.25, 0.3) is 0 Å². The molecule has 0 spiro atoms. The molecule has 0 atom stereocenters. The number of nitrogens with one attached hydrogen (secondary N) is 2. The molecule has 3 rings (SSSR count). The van der Waals surface area contributed by atoms with Gasteiger partial charge < -0.3 is 10.9 Å². The van der Waals surface area contributed by atoms with E-state index in [2.05, 4.69) is 37.8 Å². The van der Waals surface area contributed by atoms with E-state index >= 15 is 0 Å². The van der Waals surface area contributed by atoms with Gasteiger partial charge in [0.2, 0.25) is 0 Å². The predicted octanol–water partition coefficient (Wildman–Crippen LogP) is 4.31. The van der Waals surface area contributed by atoms with Crippen molar-refractivity contribution in [2.24, 2.45) is 0 Å². The highest BCUT2D eigenvalue weighted by atomic mass is 79.9. The molecule has 3 aromatic rings. The van der Waals surface area contributed by atoms with E-state index in [1.54, 1.807) is 6.20 Å². The number of hydrazine groups is 1. The Morgan fingerprint density at radius 1 is 1.00 bits per heavy atom. The van der Waals surface area contributed by atoms with E-state index in [-0.39, 0.29) is 0 Å². The molecule has 1 aromatic heterocycles. The molecule has 0 unspecified atom stereocenters. The highest BCUT2D eigenvalue weighted by molar-refractivity contribution is 9.10. The van der Waals surface area contributed by atoms with Gasteiger partial charge in [-0.25, -0.2) is 0 Å². The summed E-state index contributed by atoms with van der Waals surface area (Å²) in [6.45, 7) is 0. The zero-order valence-electron chi connectivity index (χ0n) is 11.0. The van der Waals surface area contributed by atoms with Crippen molar-refractivity contribution in [3.8, 4) is 6.07 Å². The molecule has 102 valence electrons. The van der Waals surface area contributed by atoms with Crippen LogP contribution in [-0.4, -0.2) is 4.98 Å². The first-order valence-electron chi connectivity index (χ1n) is 6.32. The fourth-order valence-electron chi connectivity index (χ4n) is 1.98. The Morgan fingerprint density at radius 2 is 1.81 bits per heavy atom. The van der Waals surface area contributed by atoms with Crippen molar-refractivity contribution >= 4 is 38.2 Å². The Kier molecular flexibility index (Phi) is 3.71. The molecule has 4 nitrogen and oxygen atoms in total. The van der Waals surface area contributed by atoms with Crippen molar-refractivity contribution in [2.75, 3.05) is 10.9 Å². The summed E-state index contributed by atoms with van der Waals surface area (Å²) in [5.74, 6) is 0. The van der Waals surface area contributed by atoms with E-state index in [0.717, 1.165) is 26.8 Å². The second kappa shape index (κ2) is 5.81. The second-order valence-corrected chi connectivity index (χ2v) is 5.42. The third-order valence-electron chi connectivity index (χ3n) is 2.99. The summed E-state index contributed by atoms with van der Waals surface area (Å²) in [6.07, 6.45) is 1.58. The van der Waals surface area contributed by atoms with Gasteiger partial charge in [0.15, 0.2) is 0 Å². The molecule has 5 heteroatoms. The maximum atomic E-state index is 8.92. The van der Waals surface area contributed by atoms with E-state index in [4.69, 9.17) is 5.26 Å². The van der Waals surface area contributed by atoms with Crippen LogP contribution in [0.25, 0.3) is 10.9 Å². The Labute approximate surface area is 130 Å². The minimum Gasteiger partial charge on any atom is -0.301 e. The van der Waals surface area contributed by atoms with Gasteiger partial charge in [-0.05, 0) is 42.5 Å². The quantitative estimate of drug-likeness (QED) is 0.698. The molecule has 0 aliphatic rings. The molecule has 0 bridgehead atoms. The van der Waals surface area contributed by atoms with Crippen molar-refractivity contribution in [1.82, 2.24) is 4.98 Å². The zero-order chi connectivity index (χ0) is 14.7.